The van der Waals surface area contributed by atoms with Gasteiger partial charge < -0.3 is 21.5 Å². The number of fused-ring (bicyclic) bond motifs is 1. The summed E-state index contributed by atoms with van der Waals surface area (Å²) < 4.78 is 0. The maximum atomic E-state index is 9.99. The number of nitrogens with two attached hydrogens (primary N) is 2. The molecule has 5 N–H and O–H groups in total. The van der Waals surface area contributed by atoms with Crippen molar-refractivity contribution < 1.29 is 5.11 Å². The van der Waals surface area contributed by atoms with Crippen molar-refractivity contribution in [1.82, 2.24) is 15.0 Å². The number of aliphatic hydroxyl groups is 1. The average Bonchev–Trinajstić information content (AvgIpc) is 3.09. The number of benzene rings is 1. The number of rotatable bonds is 4. The zero-order valence-corrected chi connectivity index (χ0v) is 19.1. The molecule has 1 fully saturated rings. The van der Waals surface area contributed by atoms with Crippen LogP contribution in [-0.4, -0.2) is 33.1 Å². The van der Waals surface area contributed by atoms with Crippen LogP contribution in [0.25, 0.3) is 0 Å². The molecule has 0 bridgehead atoms. The van der Waals surface area contributed by atoms with Crippen LogP contribution in [0.3, 0.4) is 0 Å². The second-order valence-electron chi connectivity index (χ2n) is 8.45. The molecule has 1 aliphatic carbocycles. The van der Waals surface area contributed by atoms with E-state index in [1.54, 1.807) is 18.5 Å². The van der Waals surface area contributed by atoms with Crippen molar-refractivity contribution in [3.63, 3.8) is 0 Å². The molecule has 1 spiro atoms. The lowest BCUT2D eigenvalue weighted by molar-refractivity contribution is 0.186. The highest BCUT2D eigenvalue weighted by Crippen LogP contribution is 2.51. The number of nitrogen functional groups attached to an aromatic ring is 1. The standard InChI is InChI=1S/C23H25ClN6OS/c24-19-17(5-8-27-21(19)26)32-18-12-28-22(16(13-31)29-18)30-9-6-23(7-10-30)11-14-3-1-2-4-15(14)20(23)25/h1-5,8,12,20,31H,6-7,9-11,13,25H2,(H2,26,27)/t20-/m1/s1. The van der Waals surface area contributed by atoms with E-state index in [1.165, 1.54) is 22.9 Å². The fourth-order valence-corrected chi connectivity index (χ4v) is 5.96. The molecule has 1 aromatic carbocycles. The van der Waals surface area contributed by atoms with Crippen LogP contribution in [0, 0.1) is 5.41 Å². The fourth-order valence-electron chi connectivity index (χ4n) is 4.92. The summed E-state index contributed by atoms with van der Waals surface area (Å²) in [4.78, 5) is 16.2. The first-order valence-electron chi connectivity index (χ1n) is 10.6. The quantitative estimate of drug-likeness (QED) is 0.532. The smallest absolute Gasteiger partial charge is 0.152 e. The Morgan fingerprint density at radius 2 is 1.97 bits per heavy atom. The van der Waals surface area contributed by atoms with Crippen LogP contribution in [0.2, 0.25) is 5.02 Å². The van der Waals surface area contributed by atoms with Gasteiger partial charge in [-0.3, -0.25) is 0 Å². The van der Waals surface area contributed by atoms with E-state index >= 15 is 0 Å². The fraction of sp³-hybridized carbons (Fsp3) is 0.348. The monoisotopic (exact) mass is 468 g/mol. The number of aromatic nitrogens is 3. The van der Waals surface area contributed by atoms with Crippen molar-refractivity contribution >= 4 is 35.0 Å². The van der Waals surface area contributed by atoms with Crippen LogP contribution in [0.1, 0.15) is 35.7 Å². The van der Waals surface area contributed by atoms with Crippen molar-refractivity contribution in [3.8, 4) is 0 Å². The van der Waals surface area contributed by atoms with E-state index in [9.17, 15) is 5.11 Å². The summed E-state index contributed by atoms with van der Waals surface area (Å²) in [5.74, 6) is 1.01. The number of nitrogens with zero attached hydrogens (tertiary/aromatic N) is 4. The molecule has 7 nitrogen and oxygen atoms in total. The maximum Gasteiger partial charge on any atom is 0.152 e. The number of aliphatic hydroxyl groups excluding tert-OH is 1. The third-order valence-corrected chi connectivity index (χ3v) is 8.17. The van der Waals surface area contributed by atoms with Crippen LogP contribution >= 0.6 is 23.4 Å². The van der Waals surface area contributed by atoms with Gasteiger partial charge in [0, 0.05) is 30.2 Å². The van der Waals surface area contributed by atoms with Gasteiger partial charge in [0.05, 0.1) is 17.8 Å². The number of hydrogen-bond acceptors (Lipinski definition) is 8. The molecule has 1 aliphatic heterocycles. The van der Waals surface area contributed by atoms with Gasteiger partial charge in [-0.05, 0) is 41.9 Å². The predicted molar refractivity (Wildman–Crippen MR) is 127 cm³/mol. The molecule has 32 heavy (non-hydrogen) atoms. The SMILES string of the molecule is Nc1nccc(Sc2cnc(N3CCC4(CC3)Cc3ccccc3[C@H]4N)c(CO)n2)c1Cl. The van der Waals surface area contributed by atoms with Gasteiger partial charge in [-0.15, -0.1) is 0 Å². The average molecular weight is 469 g/mol. The van der Waals surface area contributed by atoms with Gasteiger partial charge in [-0.1, -0.05) is 47.6 Å². The summed E-state index contributed by atoms with van der Waals surface area (Å²) in [6.45, 7) is 1.49. The Labute approximate surface area is 196 Å². The number of halogens is 1. The highest BCUT2D eigenvalue weighted by Gasteiger charge is 2.46. The lowest BCUT2D eigenvalue weighted by Gasteiger charge is -2.42. The molecular weight excluding hydrogens is 444 g/mol. The highest BCUT2D eigenvalue weighted by atomic mass is 35.5. The number of piperidine rings is 1. The second kappa shape index (κ2) is 8.51. The van der Waals surface area contributed by atoms with Gasteiger partial charge in [-0.2, -0.15) is 0 Å². The number of anilines is 2. The maximum absolute atomic E-state index is 9.99. The van der Waals surface area contributed by atoms with Crippen molar-refractivity contribution in [2.75, 3.05) is 23.7 Å². The third kappa shape index (κ3) is 3.71. The third-order valence-electron chi connectivity index (χ3n) is 6.70. The molecule has 3 aromatic rings. The van der Waals surface area contributed by atoms with E-state index in [2.05, 4.69) is 44.1 Å². The largest absolute Gasteiger partial charge is 0.390 e. The Bertz CT molecular complexity index is 1150. The molecule has 9 heteroatoms. The molecule has 2 aromatic heterocycles. The van der Waals surface area contributed by atoms with E-state index in [4.69, 9.17) is 23.1 Å². The predicted octanol–water partition coefficient (Wildman–Crippen LogP) is 3.59. The zero-order valence-electron chi connectivity index (χ0n) is 17.5. The molecule has 3 heterocycles. The first-order valence-corrected chi connectivity index (χ1v) is 11.8. The molecule has 1 atom stereocenters. The number of hydrogen-bond donors (Lipinski definition) is 3. The van der Waals surface area contributed by atoms with Gasteiger partial charge in [0.25, 0.3) is 0 Å². The summed E-state index contributed by atoms with van der Waals surface area (Å²) in [5.41, 5.74) is 15.8. The molecule has 0 saturated carbocycles. The highest BCUT2D eigenvalue weighted by molar-refractivity contribution is 7.99. The molecule has 166 valence electrons. The van der Waals surface area contributed by atoms with Gasteiger partial charge in [0.15, 0.2) is 5.82 Å². The van der Waals surface area contributed by atoms with Crippen molar-refractivity contribution in [2.24, 2.45) is 11.1 Å². The molecule has 0 radical (unpaired) electrons. The van der Waals surface area contributed by atoms with Crippen LogP contribution in [-0.2, 0) is 13.0 Å². The molecule has 0 unspecified atom stereocenters. The Balaban J connectivity index is 1.32. The van der Waals surface area contributed by atoms with Gasteiger partial charge in [-0.25, -0.2) is 15.0 Å². The first kappa shape index (κ1) is 21.5. The normalized spacial score (nSPS) is 19.3. The number of pyridine rings is 1. The van der Waals surface area contributed by atoms with Gasteiger partial charge in [0.1, 0.15) is 16.5 Å². The molecule has 2 aliphatic rings. The van der Waals surface area contributed by atoms with Crippen LogP contribution in [0.4, 0.5) is 11.6 Å². The molecule has 0 amide bonds. The second-order valence-corrected chi connectivity index (χ2v) is 9.89. The van der Waals surface area contributed by atoms with Crippen molar-refractivity contribution in [1.29, 1.82) is 0 Å². The molecular formula is C23H25ClN6OS. The summed E-state index contributed by atoms with van der Waals surface area (Å²) in [5, 5.41) is 11.0. The minimum atomic E-state index is -0.185. The molecule has 5 rings (SSSR count). The van der Waals surface area contributed by atoms with E-state index in [-0.39, 0.29) is 23.9 Å². The van der Waals surface area contributed by atoms with Crippen molar-refractivity contribution in [3.05, 3.63) is 64.6 Å². The first-order chi connectivity index (χ1) is 15.5. The minimum Gasteiger partial charge on any atom is -0.390 e. The van der Waals surface area contributed by atoms with E-state index in [0.29, 0.717) is 15.7 Å². The van der Waals surface area contributed by atoms with Gasteiger partial charge in [0.2, 0.25) is 0 Å². The lowest BCUT2D eigenvalue weighted by Crippen LogP contribution is -2.45. The molecule has 1 saturated heterocycles. The van der Waals surface area contributed by atoms with E-state index < -0.39 is 0 Å². The Kier molecular flexibility index (Phi) is 5.71. The Morgan fingerprint density at radius 3 is 2.72 bits per heavy atom. The lowest BCUT2D eigenvalue weighted by atomic mass is 9.73. The van der Waals surface area contributed by atoms with Crippen molar-refractivity contribution in [2.45, 2.75) is 41.8 Å². The minimum absolute atomic E-state index is 0.0700. The van der Waals surface area contributed by atoms with Gasteiger partial charge >= 0.3 is 0 Å². The Hall–Kier alpha value is -2.39. The van der Waals surface area contributed by atoms with E-state index in [0.717, 1.165) is 43.1 Å². The topological polar surface area (TPSA) is 114 Å². The zero-order chi connectivity index (χ0) is 22.3. The Morgan fingerprint density at radius 1 is 1.19 bits per heavy atom. The van der Waals surface area contributed by atoms with Crippen LogP contribution < -0.4 is 16.4 Å². The van der Waals surface area contributed by atoms with E-state index in [1.807, 2.05) is 0 Å². The summed E-state index contributed by atoms with van der Waals surface area (Å²) >= 11 is 7.60. The summed E-state index contributed by atoms with van der Waals surface area (Å²) in [6, 6.07) is 10.4. The summed E-state index contributed by atoms with van der Waals surface area (Å²) in [6.07, 6.45) is 6.32. The van der Waals surface area contributed by atoms with Crippen LogP contribution in [0.5, 0.6) is 0 Å². The summed E-state index contributed by atoms with van der Waals surface area (Å²) in [7, 11) is 0. The van der Waals surface area contributed by atoms with Crippen LogP contribution in [0.15, 0.2) is 52.6 Å².